The summed E-state index contributed by atoms with van der Waals surface area (Å²) in [4.78, 5) is 36.4. The van der Waals surface area contributed by atoms with Gasteiger partial charge in [-0.05, 0) is 18.6 Å². The number of nitrogens with one attached hydrogen (secondary N) is 1. The van der Waals surface area contributed by atoms with Gasteiger partial charge in [-0.3, -0.25) is 14.3 Å². The lowest BCUT2D eigenvalue weighted by molar-refractivity contribution is -0.140. The second kappa shape index (κ2) is 7.15. The van der Waals surface area contributed by atoms with Gasteiger partial charge in [0, 0.05) is 12.4 Å². The largest absolute Gasteiger partial charge is 0.465 e. The van der Waals surface area contributed by atoms with E-state index in [1.54, 1.807) is 0 Å². The Labute approximate surface area is 169 Å². The lowest BCUT2D eigenvalue weighted by Crippen LogP contribution is -2.13. The first-order valence-corrected chi connectivity index (χ1v) is 9.45. The van der Waals surface area contributed by atoms with Crippen LogP contribution in [-0.4, -0.2) is 34.7 Å². The summed E-state index contributed by atoms with van der Waals surface area (Å²) in [6.45, 7) is 1.47. The minimum atomic E-state index is -4.67. The third-order valence-corrected chi connectivity index (χ3v) is 6.41. The van der Waals surface area contributed by atoms with Crippen LogP contribution in [0.25, 0.3) is 10.2 Å². The van der Waals surface area contributed by atoms with E-state index >= 15 is 0 Å². The molecule has 154 valence electrons. The topological polar surface area (TPSA) is 116 Å². The lowest BCUT2D eigenvalue weighted by atomic mass is 10.1. The van der Waals surface area contributed by atoms with Crippen molar-refractivity contribution in [2.24, 2.45) is 12.8 Å². The number of aromatic nitrogens is 2. The van der Waals surface area contributed by atoms with Crippen molar-refractivity contribution in [1.29, 1.82) is 0 Å². The zero-order valence-corrected chi connectivity index (χ0v) is 16.8. The van der Waals surface area contributed by atoms with Crippen LogP contribution in [0.1, 0.15) is 41.0 Å². The maximum absolute atomic E-state index is 13.1. The van der Waals surface area contributed by atoms with Crippen molar-refractivity contribution in [3.05, 3.63) is 32.6 Å². The molecule has 3 heterocycles. The molecule has 0 saturated heterocycles. The van der Waals surface area contributed by atoms with E-state index in [0.717, 1.165) is 40.5 Å². The van der Waals surface area contributed by atoms with E-state index in [9.17, 15) is 27.6 Å². The van der Waals surface area contributed by atoms with Crippen molar-refractivity contribution >= 4 is 55.7 Å². The first-order chi connectivity index (χ1) is 13.5. The van der Waals surface area contributed by atoms with Gasteiger partial charge >= 0.3 is 12.1 Å². The molecule has 0 radical (unpaired) electrons. The molecule has 0 saturated carbocycles. The standard InChI is InChI=1S/C16H13F3N4O4S2/c1-5-8(15(26)27-3)13(29-9(5)11(20)24)21-12(25)7-4-6-10(16(17,18)19)22-23(2)14(6)28-7/h4H,1-3H3,(H2,20,24)(H,21,25). The molecular formula is C16H13F3N4O4S2. The smallest absolute Gasteiger partial charge is 0.435 e. The van der Waals surface area contributed by atoms with Crippen molar-refractivity contribution in [1.82, 2.24) is 9.78 Å². The summed E-state index contributed by atoms with van der Waals surface area (Å²) in [6.07, 6.45) is -4.67. The van der Waals surface area contributed by atoms with Crippen LogP contribution in [0.3, 0.4) is 0 Å². The number of carbonyl (C=O) groups excluding carboxylic acids is 3. The fourth-order valence-corrected chi connectivity index (χ4v) is 4.72. The van der Waals surface area contributed by atoms with Crippen LogP contribution < -0.4 is 11.1 Å². The van der Waals surface area contributed by atoms with Gasteiger partial charge in [0.15, 0.2) is 5.69 Å². The molecule has 0 aliphatic rings. The number of hydrogen-bond donors (Lipinski definition) is 2. The van der Waals surface area contributed by atoms with Crippen molar-refractivity contribution < 1.29 is 32.3 Å². The van der Waals surface area contributed by atoms with Crippen LogP contribution in [0.5, 0.6) is 0 Å². The third-order valence-electron chi connectivity index (χ3n) is 3.99. The summed E-state index contributed by atoms with van der Waals surface area (Å²) < 4.78 is 45.1. The van der Waals surface area contributed by atoms with Gasteiger partial charge in [-0.15, -0.1) is 22.7 Å². The number of nitrogens with zero attached hydrogens (tertiary/aromatic N) is 2. The monoisotopic (exact) mass is 446 g/mol. The predicted octanol–water partition coefficient (Wildman–Crippen LogP) is 3.16. The highest BCUT2D eigenvalue weighted by Crippen LogP contribution is 2.38. The normalized spacial score (nSPS) is 11.7. The second-order valence-electron chi connectivity index (χ2n) is 5.87. The molecule has 13 heteroatoms. The maximum atomic E-state index is 13.1. The van der Waals surface area contributed by atoms with Gasteiger partial charge in [0.25, 0.3) is 11.8 Å². The second-order valence-corrected chi connectivity index (χ2v) is 7.92. The van der Waals surface area contributed by atoms with Gasteiger partial charge in [0.05, 0.1) is 22.4 Å². The van der Waals surface area contributed by atoms with Crippen LogP contribution in [0.2, 0.25) is 0 Å². The fourth-order valence-electron chi connectivity index (χ4n) is 2.71. The number of amides is 2. The maximum Gasteiger partial charge on any atom is 0.435 e. The number of rotatable bonds is 4. The number of ether oxygens (including phenoxy) is 1. The van der Waals surface area contributed by atoms with Gasteiger partial charge in [0.1, 0.15) is 9.83 Å². The van der Waals surface area contributed by atoms with E-state index in [1.165, 1.54) is 14.0 Å². The Balaban J connectivity index is 2.02. The van der Waals surface area contributed by atoms with Gasteiger partial charge in [0.2, 0.25) is 0 Å². The molecule has 0 atom stereocenters. The number of anilines is 1. The SMILES string of the molecule is COC(=O)c1c(NC(=O)c2cc3c(C(F)(F)F)nn(C)c3s2)sc(C(N)=O)c1C. The van der Waals surface area contributed by atoms with Gasteiger partial charge in [-0.1, -0.05) is 0 Å². The quantitative estimate of drug-likeness (QED) is 0.597. The molecule has 8 nitrogen and oxygen atoms in total. The minimum absolute atomic E-state index is 0.0137. The molecule has 3 aromatic heterocycles. The number of fused-ring (bicyclic) bond motifs is 1. The first kappa shape index (κ1) is 20.8. The summed E-state index contributed by atoms with van der Waals surface area (Å²) in [5, 5.41) is 5.71. The molecule has 0 fully saturated rings. The molecular weight excluding hydrogens is 433 g/mol. The molecule has 0 aliphatic carbocycles. The molecule has 0 unspecified atom stereocenters. The number of hydrogen-bond acceptors (Lipinski definition) is 7. The highest BCUT2D eigenvalue weighted by molar-refractivity contribution is 7.21. The van der Waals surface area contributed by atoms with E-state index in [-0.39, 0.29) is 36.1 Å². The van der Waals surface area contributed by atoms with Crippen molar-refractivity contribution in [2.75, 3.05) is 12.4 Å². The lowest BCUT2D eigenvalue weighted by Gasteiger charge is -2.05. The van der Waals surface area contributed by atoms with E-state index in [2.05, 4.69) is 15.2 Å². The van der Waals surface area contributed by atoms with E-state index in [4.69, 9.17) is 5.73 Å². The van der Waals surface area contributed by atoms with Crippen LogP contribution in [0.15, 0.2) is 6.07 Å². The molecule has 29 heavy (non-hydrogen) atoms. The summed E-state index contributed by atoms with van der Waals surface area (Å²) in [5.41, 5.74) is 4.39. The number of halogens is 3. The van der Waals surface area contributed by atoms with Crippen LogP contribution in [-0.2, 0) is 18.0 Å². The number of aryl methyl sites for hydroxylation is 1. The zero-order chi connectivity index (χ0) is 21.7. The number of carbonyl (C=O) groups is 3. The molecule has 2 amide bonds. The molecule has 0 aliphatic heterocycles. The first-order valence-electron chi connectivity index (χ1n) is 7.82. The average Bonchev–Trinajstić information content (AvgIpc) is 3.27. The molecule has 3 N–H and O–H groups in total. The highest BCUT2D eigenvalue weighted by atomic mass is 32.1. The Morgan fingerprint density at radius 2 is 1.93 bits per heavy atom. The summed E-state index contributed by atoms with van der Waals surface area (Å²) in [6, 6.07) is 1.08. The fraction of sp³-hybridized carbons (Fsp3) is 0.250. The molecule has 3 aromatic rings. The third kappa shape index (κ3) is 3.58. The molecule has 0 bridgehead atoms. The Morgan fingerprint density at radius 3 is 2.48 bits per heavy atom. The number of esters is 1. The number of thiophene rings is 2. The predicted molar refractivity (Wildman–Crippen MR) is 100 cm³/mol. The van der Waals surface area contributed by atoms with Crippen LogP contribution in [0, 0.1) is 6.92 Å². The molecule has 0 aromatic carbocycles. The van der Waals surface area contributed by atoms with E-state index < -0.39 is 29.7 Å². The van der Waals surface area contributed by atoms with Crippen molar-refractivity contribution in [2.45, 2.75) is 13.1 Å². The van der Waals surface area contributed by atoms with Gasteiger partial charge in [-0.2, -0.15) is 18.3 Å². The summed E-state index contributed by atoms with van der Waals surface area (Å²) in [7, 11) is 2.47. The Hall–Kier alpha value is -2.93. The van der Waals surface area contributed by atoms with Crippen LogP contribution in [0.4, 0.5) is 18.2 Å². The minimum Gasteiger partial charge on any atom is -0.465 e. The number of primary amides is 1. The van der Waals surface area contributed by atoms with Crippen molar-refractivity contribution in [3.63, 3.8) is 0 Å². The molecule has 3 rings (SSSR count). The molecule has 0 spiro atoms. The Bertz CT molecular complexity index is 1160. The van der Waals surface area contributed by atoms with Crippen LogP contribution >= 0.6 is 22.7 Å². The zero-order valence-electron chi connectivity index (χ0n) is 15.1. The number of alkyl halides is 3. The highest BCUT2D eigenvalue weighted by Gasteiger charge is 2.37. The van der Waals surface area contributed by atoms with Gasteiger partial charge in [-0.25, -0.2) is 4.79 Å². The average molecular weight is 446 g/mol. The number of nitrogens with two attached hydrogens (primary N) is 1. The number of methoxy groups -OCH3 is 1. The summed E-state index contributed by atoms with van der Waals surface area (Å²) >= 11 is 1.59. The van der Waals surface area contributed by atoms with Gasteiger partial charge < -0.3 is 15.8 Å². The van der Waals surface area contributed by atoms with Crippen molar-refractivity contribution in [3.8, 4) is 0 Å². The Morgan fingerprint density at radius 1 is 1.28 bits per heavy atom. The Kier molecular flexibility index (Phi) is 5.13. The summed E-state index contributed by atoms with van der Waals surface area (Å²) in [5.74, 6) is -2.33. The van der Waals surface area contributed by atoms with E-state index in [0.29, 0.717) is 0 Å². The van der Waals surface area contributed by atoms with E-state index in [1.807, 2.05) is 0 Å².